The lowest BCUT2D eigenvalue weighted by molar-refractivity contribution is -0.133. The summed E-state index contributed by atoms with van der Waals surface area (Å²) in [5.41, 5.74) is 0. The standard InChI is InChI=1S/C10H15NO2/c1-6(2)11-8-5-3-4-7(9(8)12)10(11)13/h3,5-9,12H,4H2,1-2H3/t7-,8+,9?/m0/s1. The van der Waals surface area contributed by atoms with E-state index in [4.69, 9.17) is 0 Å². The maximum atomic E-state index is 11.8. The molecule has 1 aliphatic carbocycles. The molecular weight excluding hydrogens is 166 g/mol. The monoisotopic (exact) mass is 181 g/mol. The second kappa shape index (κ2) is 2.84. The number of likely N-dealkylation sites (tertiary alicyclic amines) is 1. The second-order valence-corrected chi connectivity index (χ2v) is 4.09. The van der Waals surface area contributed by atoms with Crippen LogP contribution in [-0.2, 0) is 4.79 Å². The van der Waals surface area contributed by atoms with Crippen molar-refractivity contribution in [3.8, 4) is 0 Å². The average molecular weight is 181 g/mol. The summed E-state index contributed by atoms with van der Waals surface area (Å²) in [6.45, 7) is 3.97. The first kappa shape index (κ1) is 8.75. The molecule has 1 heterocycles. The highest BCUT2D eigenvalue weighted by Gasteiger charge is 2.47. The van der Waals surface area contributed by atoms with Gasteiger partial charge in [-0.3, -0.25) is 4.79 Å². The van der Waals surface area contributed by atoms with Gasteiger partial charge in [0.15, 0.2) is 0 Å². The summed E-state index contributed by atoms with van der Waals surface area (Å²) in [7, 11) is 0. The predicted octanol–water partition coefficient (Wildman–Crippen LogP) is 0.543. The largest absolute Gasteiger partial charge is 0.390 e. The van der Waals surface area contributed by atoms with E-state index in [1.807, 2.05) is 26.0 Å². The quantitative estimate of drug-likeness (QED) is 0.600. The van der Waals surface area contributed by atoms with E-state index in [0.29, 0.717) is 6.42 Å². The van der Waals surface area contributed by atoms with Gasteiger partial charge in [0.1, 0.15) is 0 Å². The van der Waals surface area contributed by atoms with Crippen LogP contribution in [-0.4, -0.2) is 34.1 Å². The minimum absolute atomic E-state index is 0.0775. The molecule has 3 heteroatoms. The molecule has 2 rings (SSSR count). The van der Waals surface area contributed by atoms with Crippen molar-refractivity contribution in [3.05, 3.63) is 12.2 Å². The number of carbonyl (C=O) groups excluding carboxylic acids is 1. The summed E-state index contributed by atoms with van der Waals surface area (Å²) in [6, 6.07) is 0.103. The van der Waals surface area contributed by atoms with Crippen LogP contribution in [0, 0.1) is 5.92 Å². The number of hydrogen-bond acceptors (Lipinski definition) is 2. The lowest BCUT2D eigenvalue weighted by Crippen LogP contribution is -2.40. The fourth-order valence-corrected chi connectivity index (χ4v) is 2.30. The minimum atomic E-state index is -0.486. The van der Waals surface area contributed by atoms with E-state index in [9.17, 15) is 9.90 Å². The normalized spacial score (nSPS) is 37.7. The molecular formula is C10H15NO2. The zero-order chi connectivity index (χ0) is 9.59. The van der Waals surface area contributed by atoms with Crippen LogP contribution in [0.25, 0.3) is 0 Å². The highest BCUT2D eigenvalue weighted by atomic mass is 16.3. The Morgan fingerprint density at radius 1 is 1.62 bits per heavy atom. The third kappa shape index (κ3) is 1.10. The van der Waals surface area contributed by atoms with Crippen LogP contribution >= 0.6 is 0 Å². The topological polar surface area (TPSA) is 40.5 Å². The lowest BCUT2D eigenvalue weighted by Gasteiger charge is -2.27. The highest BCUT2D eigenvalue weighted by Crippen LogP contribution is 2.34. The Morgan fingerprint density at radius 3 is 2.85 bits per heavy atom. The van der Waals surface area contributed by atoms with Gasteiger partial charge < -0.3 is 10.0 Å². The maximum absolute atomic E-state index is 11.8. The molecule has 0 radical (unpaired) electrons. The molecule has 1 saturated heterocycles. The Bertz CT molecular complexity index is 260. The van der Waals surface area contributed by atoms with Crippen LogP contribution in [0.4, 0.5) is 0 Å². The molecule has 3 atom stereocenters. The maximum Gasteiger partial charge on any atom is 0.229 e. The first-order valence-electron chi connectivity index (χ1n) is 4.80. The van der Waals surface area contributed by atoms with Crippen LogP contribution in [0.2, 0.25) is 0 Å². The van der Waals surface area contributed by atoms with Gasteiger partial charge in [0, 0.05) is 6.04 Å². The molecule has 0 spiro atoms. The van der Waals surface area contributed by atoms with Gasteiger partial charge in [-0.15, -0.1) is 0 Å². The van der Waals surface area contributed by atoms with E-state index in [-0.39, 0.29) is 23.9 Å². The lowest BCUT2D eigenvalue weighted by atomic mass is 9.93. The summed E-state index contributed by atoms with van der Waals surface area (Å²) < 4.78 is 0. The molecule has 1 N–H and O–H groups in total. The summed E-state index contributed by atoms with van der Waals surface area (Å²) in [6.07, 6.45) is 4.16. The van der Waals surface area contributed by atoms with Gasteiger partial charge in [0.05, 0.1) is 18.1 Å². The summed E-state index contributed by atoms with van der Waals surface area (Å²) in [5.74, 6) is -0.0742. The van der Waals surface area contributed by atoms with E-state index >= 15 is 0 Å². The number of aliphatic hydroxyl groups is 1. The van der Waals surface area contributed by atoms with Crippen molar-refractivity contribution in [2.24, 2.45) is 5.92 Å². The molecule has 2 aliphatic rings. The van der Waals surface area contributed by atoms with Crippen molar-refractivity contribution < 1.29 is 9.90 Å². The smallest absolute Gasteiger partial charge is 0.229 e. The van der Waals surface area contributed by atoms with Crippen molar-refractivity contribution in [1.82, 2.24) is 4.90 Å². The van der Waals surface area contributed by atoms with Gasteiger partial charge in [0.25, 0.3) is 0 Å². The number of carbonyl (C=O) groups is 1. The van der Waals surface area contributed by atoms with Gasteiger partial charge in [-0.1, -0.05) is 12.2 Å². The summed E-state index contributed by atoms with van der Waals surface area (Å²) in [5, 5.41) is 9.78. The molecule has 1 unspecified atom stereocenters. The van der Waals surface area contributed by atoms with Crippen molar-refractivity contribution in [2.75, 3.05) is 0 Å². The van der Waals surface area contributed by atoms with E-state index in [0.717, 1.165) is 0 Å². The molecule has 0 saturated carbocycles. The summed E-state index contributed by atoms with van der Waals surface area (Å²) >= 11 is 0. The molecule has 0 aromatic rings. The van der Waals surface area contributed by atoms with Gasteiger partial charge >= 0.3 is 0 Å². The van der Waals surface area contributed by atoms with Gasteiger partial charge in [-0.05, 0) is 20.3 Å². The number of amides is 1. The van der Waals surface area contributed by atoms with Crippen LogP contribution in [0.5, 0.6) is 0 Å². The van der Waals surface area contributed by atoms with Crippen LogP contribution in [0.3, 0.4) is 0 Å². The van der Waals surface area contributed by atoms with E-state index in [1.165, 1.54) is 0 Å². The molecule has 2 bridgehead atoms. The van der Waals surface area contributed by atoms with Gasteiger partial charge in [-0.25, -0.2) is 0 Å². The van der Waals surface area contributed by atoms with Crippen LogP contribution < -0.4 is 0 Å². The fourth-order valence-electron chi connectivity index (χ4n) is 2.30. The van der Waals surface area contributed by atoms with E-state index < -0.39 is 6.10 Å². The van der Waals surface area contributed by atoms with E-state index in [1.54, 1.807) is 4.90 Å². The SMILES string of the molecule is CC(C)N1C(=O)[C@H]2CC=C[C@@H]1C2O. The Morgan fingerprint density at radius 2 is 2.31 bits per heavy atom. The number of hydrogen-bond donors (Lipinski definition) is 1. The average Bonchev–Trinajstić information content (AvgIpc) is 2.24. The van der Waals surface area contributed by atoms with Crippen molar-refractivity contribution in [2.45, 2.75) is 38.5 Å². The third-order valence-corrected chi connectivity index (χ3v) is 2.93. The first-order valence-corrected chi connectivity index (χ1v) is 4.80. The molecule has 72 valence electrons. The van der Waals surface area contributed by atoms with Gasteiger partial charge in [-0.2, -0.15) is 0 Å². The predicted molar refractivity (Wildman–Crippen MR) is 49.0 cm³/mol. The number of nitrogens with zero attached hydrogens (tertiary/aromatic N) is 1. The van der Waals surface area contributed by atoms with Crippen LogP contribution in [0.15, 0.2) is 12.2 Å². The minimum Gasteiger partial charge on any atom is -0.390 e. The van der Waals surface area contributed by atoms with Gasteiger partial charge in [0.2, 0.25) is 5.91 Å². The zero-order valence-corrected chi connectivity index (χ0v) is 7.97. The number of aliphatic hydroxyl groups excluding tert-OH is 1. The molecule has 3 nitrogen and oxygen atoms in total. The van der Waals surface area contributed by atoms with Crippen molar-refractivity contribution in [1.29, 1.82) is 0 Å². The van der Waals surface area contributed by atoms with Crippen LogP contribution in [0.1, 0.15) is 20.3 Å². The third-order valence-electron chi connectivity index (χ3n) is 2.93. The molecule has 1 aliphatic heterocycles. The number of fused-ring (bicyclic) bond motifs is 2. The fraction of sp³-hybridized carbons (Fsp3) is 0.700. The number of rotatable bonds is 1. The Hall–Kier alpha value is -0.830. The highest BCUT2D eigenvalue weighted by molar-refractivity contribution is 5.84. The Balaban J connectivity index is 2.32. The van der Waals surface area contributed by atoms with Crippen molar-refractivity contribution >= 4 is 5.91 Å². The number of allylic oxidation sites excluding steroid dienone is 1. The Labute approximate surface area is 78.0 Å². The summed E-state index contributed by atoms with van der Waals surface area (Å²) in [4.78, 5) is 13.6. The second-order valence-electron chi connectivity index (χ2n) is 4.09. The molecule has 0 aromatic carbocycles. The van der Waals surface area contributed by atoms with Crippen molar-refractivity contribution in [3.63, 3.8) is 0 Å². The molecule has 1 amide bonds. The van der Waals surface area contributed by atoms with E-state index in [2.05, 4.69) is 0 Å². The molecule has 1 fully saturated rings. The molecule has 0 aromatic heterocycles. The Kier molecular flexibility index (Phi) is 1.91. The zero-order valence-electron chi connectivity index (χ0n) is 7.97. The molecule has 13 heavy (non-hydrogen) atoms. The first-order chi connectivity index (χ1) is 6.13.